The number of para-hydroxylation sites is 1. The Morgan fingerprint density at radius 3 is 2.79 bits per heavy atom. The summed E-state index contributed by atoms with van der Waals surface area (Å²) in [6.45, 7) is 2.46. The van der Waals surface area contributed by atoms with Crippen LogP contribution in [0.15, 0.2) is 66.1 Å². The van der Waals surface area contributed by atoms with E-state index < -0.39 is 0 Å². The van der Waals surface area contributed by atoms with Crippen molar-refractivity contribution < 1.29 is 4.79 Å². The summed E-state index contributed by atoms with van der Waals surface area (Å²) in [7, 11) is 0. The second-order valence-corrected chi connectivity index (χ2v) is 6.77. The molecule has 0 aliphatic heterocycles. The lowest BCUT2D eigenvalue weighted by Gasteiger charge is -2.07. The Bertz CT molecular complexity index is 1210. The highest BCUT2D eigenvalue weighted by Gasteiger charge is 2.10. The third-order valence-electron chi connectivity index (χ3n) is 4.66. The van der Waals surface area contributed by atoms with Crippen molar-refractivity contribution in [3.63, 3.8) is 0 Å². The van der Waals surface area contributed by atoms with Gasteiger partial charge in [-0.2, -0.15) is 5.10 Å². The zero-order valence-electron chi connectivity index (χ0n) is 15.9. The van der Waals surface area contributed by atoms with Crippen molar-refractivity contribution in [2.24, 2.45) is 0 Å². The van der Waals surface area contributed by atoms with Crippen LogP contribution in [0.4, 0.5) is 5.82 Å². The van der Waals surface area contributed by atoms with Crippen LogP contribution in [0.3, 0.4) is 0 Å². The van der Waals surface area contributed by atoms with Crippen LogP contribution < -0.4 is 10.9 Å². The number of anilines is 1. The zero-order valence-corrected chi connectivity index (χ0v) is 15.9. The van der Waals surface area contributed by atoms with E-state index in [2.05, 4.69) is 20.4 Å². The van der Waals surface area contributed by atoms with E-state index in [-0.39, 0.29) is 18.0 Å². The van der Waals surface area contributed by atoms with Crippen molar-refractivity contribution in [3.05, 3.63) is 82.8 Å². The van der Waals surface area contributed by atoms with Crippen LogP contribution >= 0.6 is 0 Å². The third kappa shape index (κ3) is 4.21. The number of hydrogen-bond donors (Lipinski definition) is 1. The number of fused-ring (bicyclic) bond motifs is 1. The topological polar surface area (TPSA) is 94.7 Å². The third-order valence-corrected chi connectivity index (χ3v) is 4.66. The zero-order chi connectivity index (χ0) is 20.2. The Labute approximate surface area is 166 Å². The van der Waals surface area contributed by atoms with Gasteiger partial charge in [0.05, 0.1) is 17.2 Å². The second-order valence-electron chi connectivity index (χ2n) is 6.77. The van der Waals surface area contributed by atoms with Crippen LogP contribution in [0.25, 0.3) is 10.9 Å². The molecule has 0 atom stereocenters. The monoisotopic (exact) mass is 388 g/mol. The summed E-state index contributed by atoms with van der Waals surface area (Å²) in [6, 6.07) is 11.1. The first-order chi connectivity index (χ1) is 14.1. The molecule has 8 heteroatoms. The summed E-state index contributed by atoms with van der Waals surface area (Å²) in [5, 5.41) is 7.58. The molecule has 0 fully saturated rings. The smallest absolute Gasteiger partial charge is 0.261 e. The highest BCUT2D eigenvalue weighted by Crippen LogP contribution is 2.11. The molecule has 0 saturated carbocycles. The normalized spacial score (nSPS) is 10.9. The molecule has 0 unspecified atom stereocenters. The number of rotatable bonds is 6. The van der Waals surface area contributed by atoms with Crippen LogP contribution in [0.1, 0.15) is 11.1 Å². The number of benzene rings is 1. The molecule has 0 bridgehead atoms. The maximum absolute atomic E-state index is 12.6. The highest BCUT2D eigenvalue weighted by molar-refractivity contribution is 5.89. The molecule has 146 valence electrons. The fraction of sp³-hybridized carbons (Fsp3) is 0.190. The largest absolute Gasteiger partial charge is 0.308 e. The van der Waals surface area contributed by atoms with Gasteiger partial charge in [-0.05, 0) is 42.7 Å². The van der Waals surface area contributed by atoms with Crippen LogP contribution in [0.2, 0.25) is 0 Å². The van der Waals surface area contributed by atoms with E-state index in [1.54, 1.807) is 29.2 Å². The molecule has 29 heavy (non-hydrogen) atoms. The molecule has 0 radical (unpaired) electrons. The van der Waals surface area contributed by atoms with Gasteiger partial charge in [0, 0.05) is 31.2 Å². The van der Waals surface area contributed by atoms with E-state index in [1.165, 1.54) is 16.5 Å². The molecular formula is C21H20N6O2. The van der Waals surface area contributed by atoms with Crippen molar-refractivity contribution in [2.75, 3.05) is 5.32 Å². The molecule has 0 saturated heterocycles. The summed E-state index contributed by atoms with van der Waals surface area (Å²) >= 11 is 0. The van der Waals surface area contributed by atoms with Crippen LogP contribution in [0, 0.1) is 6.92 Å². The number of aryl methyl sites for hydroxylation is 3. The van der Waals surface area contributed by atoms with Gasteiger partial charge in [-0.25, -0.2) is 4.98 Å². The van der Waals surface area contributed by atoms with Gasteiger partial charge in [0.25, 0.3) is 5.56 Å². The van der Waals surface area contributed by atoms with Crippen molar-refractivity contribution in [1.82, 2.24) is 24.3 Å². The molecule has 0 aliphatic rings. The molecule has 3 aromatic heterocycles. The van der Waals surface area contributed by atoms with Gasteiger partial charge in [-0.15, -0.1) is 0 Å². The molecule has 1 N–H and O–H groups in total. The second kappa shape index (κ2) is 8.05. The number of carbonyl (C=O) groups excluding carboxylic acids is 1. The first-order valence-corrected chi connectivity index (χ1v) is 9.27. The van der Waals surface area contributed by atoms with Gasteiger partial charge in [0.1, 0.15) is 6.54 Å². The Kier molecular flexibility index (Phi) is 5.15. The van der Waals surface area contributed by atoms with Gasteiger partial charge in [0.15, 0.2) is 5.82 Å². The minimum absolute atomic E-state index is 0.125. The number of amides is 1. The lowest BCUT2D eigenvalue weighted by molar-refractivity contribution is -0.116. The number of nitrogens with zero attached hydrogens (tertiary/aromatic N) is 5. The number of carbonyl (C=O) groups is 1. The molecule has 8 nitrogen and oxygen atoms in total. The summed E-state index contributed by atoms with van der Waals surface area (Å²) in [4.78, 5) is 33.3. The molecule has 0 aliphatic carbocycles. The lowest BCUT2D eigenvalue weighted by Crippen LogP contribution is -2.28. The molecule has 1 amide bonds. The molecule has 3 heterocycles. The number of hydrogen-bond acceptors (Lipinski definition) is 5. The average Bonchev–Trinajstić information content (AvgIpc) is 3.17. The Hall–Kier alpha value is -3.81. The van der Waals surface area contributed by atoms with Crippen molar-refractivity contribution in [1.29, 1.82) is 0 Å². The van der Waals surface area contributed by atoms with Gasteiger partial charge in [0.2, 0.25) is 5.91 Å². The SMILES string of the molecule is Cc1cccc2c(=O)n(CC(=O)Nc3ccn(CCc4ccncc4)n3)cnc12. The summed E-state index contributed by atoms with van der Waals surface area (Å²) in [5.74, 6) is 0.114. The fourth-order valence-corrected chi connectivity index (χ4v) is 3.13. The van der Waals surface area contributed by atoms with Crippen molar-refractivity contribution >= 4 is 22.6 Å². The van der Waals surface area contributed by atoms with Gasteiger partial charge in [-0.1, -0.05) is 12.1 Å². The first kappa shape index (κ1) is 18.5. The van der Waals surface area contributed by atoms with Gasteiger partial charge in [-0.3, -0.25) is 23.8 Å². The predicted molar refractivity (Wildman–Crippen MR) is 110 cm³/mol. The minimum Gasteiger partial charge on any atom is -0.308 e. The van der Waals surface area contributed by atoms with E-state index >= 15 is 0 Å². The summed E-state index contributed by atoms with van der Waals surface area (Å²) in [6.07, 6.45) is 7.55. The fourth-order valence-electron chi connectivity index (χ4n) is 3.13. The van der Waals surface area contributed by atoms with Gasteiger partial charge >= 0.3 is 0 Å². The van der Waals surface area contributed by atoms with Gasteiger partial charge < -0.3 is 5.32 Å². The Morgan fingerprint density at radius 2 is 1.97 bits per heavy atom. The number of nitrogens with one attached hydrogen (secondary N) is 1. The van der Waals surface area contributed by atoms with E-state index in [9.17, 15) is 9.59 Å². The van der Waals surface area contributed by atoms with E-state index in [1.807, 2.05) is 37.4 Å². The van der Waals surface area contributed by atoms with Crippen molar-refractivity contribution in [2.45, 2.75) is 26.4 Å². The molecular weight excluding hydrogens is 368 g/mol. The maximum Gasteiger partial charge on any atom is 0.261 e. The quantitative estimate of drug-likeness (QED) is 0.546. The summed E-state index contributed by atoms with van der Waals surface area (Å²) in [5.41, 5.74) is 2.51. The van der Waals surface area contributed by atoms with Crippen LogP contribution in [0.5, 0.6) is 0 Å². The number of aromatic nitrogens is 5. The lowest BCUT2D eigenvalue weighted by atomic mass is 10.1. The minimum atomic E-state index is -0.333. The molecule has 0 spiro atoms. The first-order valence-electron chi connectivity index (χ1n) is 9.27. The Balaban J connectivity index is 1.40. The van der Waals surface area contributed by atoms with Crippen LogP contribution in [-0.2, 0) is 24.3 Å². The maximum atomic E-state index is 12.6. The average molecular weight is 388 g/mol. The molecule has 4 rings (SSSR count). The number of pyridine rings is 1. The summed E-state index contributed by atoms with van der Waals surface area (Å²) < 4.78 is 3.07. The van der Waals surface area contributed by atoms with E-state index in [0.717, 1.165) is 12.0 Å². The van der Waals surface area contributed by atoms with E-state index in [0.29, 0.717) is 23.3 Å². The van der Waals surface area contributed by atoms with E-state index in [4.69, 9.17) is 0 Å². The predicted octanol–water partition coefficient (Wildman–Crippen LogP) is 2.18. The molecule has 4 aromatic rings. The highest BCUT2D eigenvalue weighted by atomic mass is 16.2. The van der Waals surface area contributed by atoms with Crippen molar-refractivity contribution in [3.8, 4) is 0 Å². The Morgan fingerprint density at radius 1 is 1.14 bits per heavy atom. The molecule has 1 aromatic carbocycles. The standard InChI is InChI=1S/C21H20N6O2/c1-15-3-2-4-17-20(15)23-14-26(21(17)29)13-19(28)24-18-8-12-27(25-18)11-7-16-5-9-22-10-6-16/h2-6,8-10,12,14H,7,11,13H2,1H3,(H,24,25,28). The van der Waals surface area contributed by atoms with Crippen LogP contribution in [-0.4, -0.2) is 30.2 Å².